The summed E-state index contributed by atoms with van der Waals surface area (Å²) in [5.74, 6) is -0.181. The van der Waals surface area contributed by atoms with Gasteiger partial charge in [0.05, 0.1) is 18.8 Å². The first kappa shape index (κ1) is 21.0. The highest BCUT2D eigenvalue weighted by molar-refractivity contribution is 7.89. The highest BCUT2D eigenvalue weighted by Crippen LogP contribution is 2.28. The van der Waals surface area contributed by atoms with Gasteiger partial charge in [-0.15, -0.1) is 0 Å². The Morgan fingerprint density at radius 3 is 2.55 bits per heavy atom. The third-order valence-electron chi connectivity index (χ3n) is 5.04. The fraction of sp³-hybridized carbons (Fsp3) is 0.286. The lowest BCUT2D eigenvalue weighted by Gasteiger charge is -2.16. The third kappa shape index (κ3) is 4.75. The van der Waals surface area contributed by atoms with E-state index in [1.165, 1.54) is 25.6 Å². The standard InChI is InChI=1S/C21H23N5O4S/c1-14(15-3-8-18(9-4-15)26-13-22-12-23-26)24-21(27)16-5-10-19(30-2)20(11-16)31(28,29)25-17-6-7-17/h3-5,8-14,17,25H,6-7H2,1-2H3,(H,24,27). The van der Waals surface area contributed by atoms with Gasteiger partial charge in [0.25, 0.3) is 5.91 Å². The van der Waals surface area contributed by atoms with Crippen molar-refractivity contribution >= 4 is 15.9 Å². The number of nitrogens with zero attached hydrogens (tertiary/aromatic N) is 3. The summed E-state index contributed by atoms with van der Waals surface area (Å²) in [4.78, 5) is 16.7. The summed E-state index contributed by atoms with van der Waals surface area (Å²) in [5.41, 5.74) is 1.99. The van der Waals surface area contributed by atoms with Crippen molar-refractivity contribution in [3.63, 3.8) is 0 Å². The zero-order valence-electron chi connectivity index (χ0n) is 17.1. The lowest BCUT2D eigenvalue weighted by atomic mass is 10.1. The molecule has 0 saturated heterocycles. The molecule has 4 rings (SSSR count). The first-order valence-corrected chi connectivity index (χ1v) is 11.3. The van der Waals surface area contributed by atoms with E-state index >= 15 is 0 Å². The van der Waals surface area contributed by atoms with E-state index in [9.17, 15) is 13.2 Å². The second-order valence-electron chi connectivity index (χ2n) is 7.39. The summed E-state index contributed by atoms with van der Waals surface area (Å²) < 4.78 is 34.8. The topological polar surface area (TPSA) is 115 Å². The van der Waals surface area contributed by atoms with Crippen molar-refractivity contribution in [2.45, 2.75) is 36.7 Å². The number of hydrogen-bond acceptors (Lipinski definition) is 6. The Balaban J connectivity index is 1.50. The largest absolute Gasteiger partial charge is 0.495 e. The van der Waals surface area contributed by atoms with Crippen molar-refractivity contribution in [3.8, 4) is 11.4 Å². The van der Waals surface area contributed by atoms with Crippen molar-refractivity contribution in [2.75, 3.05) is 7.11 Å². The molecule has 1 aliphatic carbocycles. The summed E-state index contributed by atoms with van der Waals surface area (Å²) in [5, 5.41) is 6.99. The molecule has 3 aromatic rings. The Morgan fingerprint density at radius 2 is 1.94 bits per heavy atom. The van der Waals surface area contributed by atoms with Gasteiger partial charge in [-0.05, 0) is 55.7 Å². The lowest BCUT2D eigenvalue weighted by Crippen LogP contribution is -2.28. The number of aromatic nitrogens is 3. The van der Waals surface area contributed by atoms with Gasteiger partial charge in [0.2, 0.25) is 10.0 Å². The Hall–Kier alpha value is -3.24. The summed E-state index contributed by atoms with van der Waals surface area (Å²) in [7, 11) is -2.37. The molecule has 1 atom stereocenters. The number of sulfonamides is 1. The lowest BCUT2D eigenvalue weighted by molar-refractivity contribution is 0.0939. The van der Waals surface area contributed by atoms with E-state index in [1.807, 2.05) is 31.2 Å². The van der Waals surface area contributed by atoms with E-state index in [1.54, 1.807) is 17.1 Å². The monoisotopic (exact) mass is 441 g/mol. The van der Waals surface area contributed by atoms with Crippen LogP contribution in [0, 0.1) is 0 Å². The second-order valence-corrected chi connectivity index (χ2v) is 9.07. The fourth-order valence-corrected chi connectivity index (χ4v) is 4.63. The van der Waals surface area contributed by atoms with Gasteiger partial charge in [-0.2, -0.15) is 5.10 Å². The van der Waals surface area contributed by atoms with Crippen LogP contribution >= 0.6 is 0 Å². The van der Waals surface area contributed by atoms with Crippen LogP contribution in [0.15, 0.2) is 60.0 Å². The molecule has 0 bridgehead atoms. The van der Waals surface area contributed by atoms with E-state index in [0.717, 1.165) is 24.1 Å². The second kappa shape index (κ2) is 8.48. The minimum absolute atomic E-state index is 0.0422. The molecule has 2 aromatic carbocycles. The molecule has 9 nitrogen and oxygen atoms in total. The normalized spacial score (nSPS) is 14.8. The van der Waals surface area contributed by atoms with Crippen molar-refractivity contribution in [2.24, 2.45) is 0 Å². The molecule has 1 aromatic heterocycles. The number of ether oxygens (including phenoxy) is 1. The third-order valence-corrected chi connectivity index (χ3v) is 6.58. The van der Waals surface area contributed by atoms with Crippen LogP contribution in [-0.4, -0.2) is 42.2 Å². The smallest absolute Gasteiger partial charge is 0.251 e. The van der Waals surface area contributed by atoms with E-state index in [0.29, 0.717) is 0 Å². The van der Waals surface area contributed by atoms with Crippen LogP contribution in [0.25, 0.3) is 5.69 Å². The molecule has 1 fully saturated rings. The molecule has 0 radical (unpaired) electrons. The number of carbonyl (C=O) groups is 1. The zero-order chi connectivity index (χ0) is 22.0. The van der Waals surface area contributed by atoms with E-state index in [2.05, 4.69) is 20.1 Å². The molecule has 1 unspecified atom stereocenters. The molecule has 162 valence electrons. The van der Waals surface area contributed by atoms with Gasteiger partial charge in [-0.1, -0.05) is 12.1 Å². The Kier molecular flexibility index (Phi) is 5.75. The molecule has 1 amide bonds. The van der Waals surface area contributed by atoms with Crippen molar-refractivity contribution in [1.29, 1.82) is 0 Å². The molecule has 31 heavy (non-hydrogen) atoms. The van der Waals surface area contributed by atoms with Gasteiger partial charge in [0, 0.05) is 11.6 Å². The van der Waals surface area contributed by atoms with Crippen LogP contribution in [0.5, 0.6) is 5.75 Å². The molecule has 10 heteroatoms. The zero-order valence-corrected chi connectivity index (χ0v) is 18.0. The van der Waals surface area contributed by atoms with Gasteiger partial charge >= 0.3 is 0 Å². The first-order valence-electron chi connectivity index (χ1n) is 9.83. The minimum atomic E-state index is -3.77. The summed E-state index contributed by atoms with van der Waals surface area (Å²) in [6.45, 7) is 1.86. The van der Waals surface area contributed by atoms with Crippen LogP contribution in [-0.2, 0) is 10.0 Å². The van der Waals surface area contributed by atoms with Crippen LogP contribution in [0.1, 0.15) is 41.7 Å². The predicted molar refractivity (Wildman–Crippen MR) is 114 cm³/mol. The van der Waals surface area contributed by atoms with Gasteiger partial charge < -0.3 is 10.1 Å². The molecule has 0 aliphatic heterocycles. The van der Waals surface area contributed by atoms with E-state index in [4.69, 9.17) is 4.74 Å². The molecule has 2 N–H and O–H groups in total. The summed E-state index contributed by atoms with van der Waals surface area (Å²) >= 11 is 0. The maximum atomic E-state index is 12.8. The SMILES string of the molecule is COc1ccc(C(=O)NC(C)c2ccc(-n3cncn3)cc2)cc1S(=O)(=O)NC1CC1. The van der Waals surface area contributed by atoms with Gasteiger partial charge in [-0.3, -0.25) is 4.79 Å². The van der Waals surface area contributed by atoms with Crippen LogP contribution in [0.2, 0.25) is 0 Å². The Morgan fingerprint density at radius 1 is 1.19 bits per heavy atom. The minimum Gasteiger partial charge on any atom is -0.495 e. The Labute approximate surface area is 180 Å². The molecule has 1 heterocycles. The molecule has 1 saturated carbocycles. The molecule has 1 aliphatic rings. The first-order chi connectivity index (χ1) is 14.9. The number of rotatable bonds is 8. The highest BCUT2D eigenvalue weighted by atomic mass is 32.2. The van der Waals surface area contributed by atoms with Gasteiger partial charge in [-0.25, -0.2) is 22.8 Å². The predicted octanol–water partition coefficient (Wildman–Crippen LogP) is 2.21. The maximum absolute atomic E-state index is 12.8. The number of benzene rings is 2. The average Bonchev–Trinajstić information content (AvgIpc) is 3.39. The van der Waals surface area contributed by atoms with Gasteiger partial charge in [0.1, 0.15) is 23.3 Å². The van der Waals surface area contributed by atoms with Crippen molar-refractivity contribution in [1.82, 2.24) is 24.8 Å². The number of carbonyl (C=O) groups excluding carboxylic acids is 1. The Bertz CT molecular complexity index is 1170. The summed E-state index contributed by atoms with van der Waals surface area (Å²) in [6.07, 6.45) is 4.69. The van der Waals surface area contributed by atoms with E-state index in [-0.39, 0.29) is 34.2 Å². The van der Waals surface area contributed by atoms with Crippen LogP contribution < -0.4 is 14.8 Å². The average molecular weight is 442 g/mol. The van der Waals surface area contributed by atoms with Crippen LogP contribution in [0.3, 0.4) is 0 Å². The molecular weight excluding hydrogens is 418 g/mol. The van der Waals surface area contributed by atoms with Crippen molar-refractivity contribution < 1.29 is 17.9 Å². The van der Waals surface area contributed by atoms with Gasteiger partial charge in [0.15, 0.2) is 0 Å². The highest BCUT2D eigenvalue weighted by Gasteiger charge is 2.30. The van der Waals surface area contributed by atoms with Crippen molar-refractivity contribution in [3.05, 3.63) is 66.2 Å². The maximum Gasteiger partial charge on any atom is 0.251 e. The number of methoxy groups -OCH3 is 1. The number of nitrogens with one attached hydrogen (secondary N) is 2. The number of amides is 1. The molecular formula is C21H23N5O4S. The number of hydrogen-bond donors (Lipinski definition) is 2. The quantitative estimate of drug-likeness (QED) is 0.554. The van der Waals surface area contributed by atoms with Crippen LogP contribution in [0.4, 0.5) is 0 Å². The summed E-state index contributed by atoms with van der Waals surface area (Å²) in [6, 6.07) is 11.6. The van der Waals surface area contributed by atoms with E-state index < -0.39 is 10.0 Å². The molecule has 0 spiro atoms. The fourth-order valence-electron chi connectivity index (χ4n) is 3.13.